The van der Waals surface area contributed by atoms with E-state index in [1.54, 1.807) is 0 Å². The molecule has 2 nitrogen and oxygen atoms in total. The number of anilines is 6. The molecule has 27 rings (SSSR count). The zero-order chi connectivity index (χ0) is 84.8. The topological polar surface area (TPSA) is 6.48 Å². The molecule has 0 fully saturated rings. The van der Waals surface area contributed by atoms with Crippen LogP contribution >= 0.6 is 0 Å². The third-order valence-corrected chi connectivity index (χ3v) is 29.0. The van der Waals surface area contributed by atoms with Crippen LogP contribution in [-0.4, -0.2) is 0 Å². The van der Waals surface area contributed by atoms with Crippen molar-refractivity contribution in [3.8, 4) is 22.3 Å². The molecule has 0 heterocycles. The molecule has 0 saturated carbocycles. The van der Waals surface area contributed by atoms with Gasteiger partial charge in [-0.05, 0) is 281 Å². The summed E-state index contributed by atoms with van der Waals surface area (Å²) in [6.07, 6.45) is 0. The maximum absolute atomic E-state index is 2.54. The molecule has 2 heteroatoms. The Morgan fingerprint density at radius 3 is 0.701 bits per heavy atom. The average molecular weight is 1620 g/mol. The fourth-order valence-electron chi connectivity index (χ4n) is 23.8. The normalized spacial score (nSPS) is 13.9. The lowest BCUT2D eigenvalue weighted by atomic mass is 9.67. The molecule has 0 aromatic heterocycles. The number of benzene rings is 22. The van der Waals surface area contributed by atoms with Crippen LogP contribution in [0.4, 0.5) is 34.1 Å². The summed E-state index contributed by atoms with van der Waals surface area (Å²) >= 11 is 0. The molecule has 22 aromatic carbocycles. The van der Waals surface area contributed by atoms with Crippen molar-refractivity contribution in [3.05, 3.63) is 515 Å². The van der Waals surface area contributed by atoms with E-state index in [4.69, 9.17) is 0 Å². The first-order valence-electron chi connectivity index (χ1n) is 45.0. The van der Waals surface area contributed by atoms with Gasteiger partial charge in [0, 0.05) is 34.1 Å². The Morgan fingerprint density at radius 1 is 0.157 bits per heavy atom. The molecular formula is C125H90N2. The largest absolute Gasteiger partial charge is 0.310 e. The van der Waals surface area contributed by atoms with E-state index < -0.39 is 5.41 Å². The summed E-state index contributed by atoms with van der Waals surface area (Å²) in [4.78, 5) is 4.83. The second kappa shape index (κ2) is 27.9. The molecule has 0 aliphatic heterocycles. The van der Waals surface area contributed by atoms with Crippen LogP contribution in [0.15, 0.2) is 437 Å². The minimum Gasteiger partial charge on any atom is -0.310 e. The standard InChI is InChI=1S/C55H38N2.C39H34.C31H18/c1-7-21-39(22-8-1)55(40-23-9-2-10-24-40)51-37-45(56(41-25-11-3-12-26-41)42-27-13-4-14-28-42)35-49-47-33-19-20-34-48(47)50-36-46(38-52(55)54(50)53(49)51)57(43-29-15-5-16-30-43)44-31-17-6-18-32-44;1-37(2,3)23-17-19-27-28-20-18-24(38(4,5)6)22-34(28)39(33(27)21-23)31-15-9-13-29-25-11-7-8-12-26(25)30-14-10-16-32(39)36(30)35(29)31;1-2-10-20-19(9-1)23-13-7-17-27-29(23)30-24(20)14-8-18-28(30)31(27)25-15-5-3-11-21(25)22-12-4-6-16-26(22)31/h1-38H;7-22H,1-6H3;1-18H. The van der Waals surface area contributed by atoms with E-state index in [1.807, 2.05) is 0 Å². The van der Waals surface area contributed by atoms with Crippen LogP contribution in [0.1, 0.15) is 119 Å². The Kier molecular flexibility index (Phi) is 16.3. The highest BCUT2D eigenvalue weighted by atomic mass is 15.1. The summed E-state index contributed by atoms with van der Waals surface area (Å²) in [6.45, 7) is 14.0. The maximum Gasteiger partial charge on any atom is 0.0726 e. The van der Waals surface area contributed by atoms with E-state index in [2.05, 4.69) is 488 Å². The lowest BCUT2D eigenvalue weighted by Crippen LogP contribution is -2.29. The van der Waals surface area contributed by atoms with Crippen molar-refractivity contribution >= 4 is 131 Å². The van der Waals surface area contributed by atoms with E-state index in [1.165, 1.54) is 197 Å². The summed E-state index contributed by atoms with van der Waals surface area (Å²) < 4.78 is 0. The highest BCUT2D eigenvalue weighted by molar-refractivity contribution is 6.33. The van der Waals surface area contributed by atoms with Crippen LogP contribution in [0.3, 0.4) is 0 Å². The van der Waals surface area contributed by atoms with E-state index in [0.29, 0.717) is 0 Å². The molecule has 0 saturated heterocycles. The molecule has 0 atom stereocenters. The Balaban J connectivity index is 0.000000109. The van der Waals surface area contributed by atoms with Crippen LogP contribution in [-0.2, 0) is 27.1 Å². The number of rotatable bonds is 8. The summed E-state index contributed by atoms with van der Waals surface area (Å²) in [5, 5.41) is 24.2. The Bertz CT molecular complexity index is 7760. The van der Waals surface area contributed by atoms with E-state index >= 15 is 0 Å². The van der Waals surface area contributed by atoms with Gasteiger partial charge in [0.15, 0.2) is 0 Å². The van der Waals surface area contributed by atoms with Gasteiger partial charge < -0.3 is 9.80 Å². The second-order valence-electron chi connectivity index (χ2n) is 37.5. The number of hydrogen-bond acceptors (Lipinski definition) is 2. The second-order valence-corrected chi connectivity index (χ2v) is 37.5. The van der Waals surface area contributed by atoms with Crippen LogP contribution in [0.25, 0.3) is 119 Å². The summed E-state index contributed by atoms with van der Waals surface area (Å²) in [6, 6.07) is 163. The van der Waals surface area contributed by atoms with Gasteiger partial charge in [0.05, 0.1) is 16.2 Å². The van der Waals surface area contributed by atoms with Gasteiger partial charge >= 0.3 is 0 Å². The van der Waals surface area contributed by atoms with Gasteiger partial charge in [0.2, 0.25) is 0 Å². The molecule has 0 bridgehead atoms. The smallest absolute Gasteiger partial charge is 0.0726 e. The fourth-order valence-corrected chi connectivity index (χ4v) is 23.8. The third kappa shape index (κ3) is 10.5. The molecule has 0 radical (unpaired) electrons. The van der Waals surface area contributed by atoms with Crippen molar-refractivity contribution < 1.29 is 0 Å². The SMILES string of the molecule is CC(C)(C)c1ccc2c(c1)C1(c3cc(C(C)(C)C)ccc3-2)c2cccc3c4ccccc4c4cccc1c4c23.c1ccc(N(c2ccccc2)c2cc3c4c(c2)c2ccccc2c2cc(N(c5ccccc5)c5ccccc5)cc(c24)C3(c2ccccc2)c2ccccc2)cc1.c1ccc2c(c1)-c1ccccc1C21c2cccc3c4ccccc4c4cccc1c4c23. The summed E-state index contributed by atoms with van der Waals surface area (Å²) in [7, 11) is 0. The number of hydrogen-bond donors (Lipinski definition) is 0. The molecular weight excluding hydrogens is 1530 g/mol. The lowest BCUT2D eigenvalue weighted by molar-refractivity contribution is 0.586. The summed E-state index contributed by atoms with van der Waals surface area (Å²) in [5.74, 6) is 0. The first kappa shape index (κ1) is 74.4. The fraction of sp³-hybridized carbons (Fsp3) is 0.0880. The average Bonchev–Trinajstić information content (AvgIpc) is 1.47. The van der Waals surface area contributed by atoms with Crippen LogP contribution in [0, 0.1) is 0 Å². The first-order valence-corrected chi connectivity index (χ1v) is 45.0. The minimum absolute atomic E-state index is 0.0692. The van der Waals surface area contributed by atoms with Crippen molar-refractivity contribution in [1.29, 1.82) is 0 Å². The van der Waals surface area contributed by atoms with Gasteiger partial charge in [0.25, 0.3) is 0 Å². The minimum atomic E-state index is -0.636. The van der Waals surface area contributed by atoms with Gasteiger partial charge in [-0.15, -0.1) is 0 Å². The van der Waals surface area contributed by atoms with Gasteiger partial charge in [-0.3, -0.25) is 0 Å². The molecule has 600 valence electrons. The van der Waals surface area contributed by atoms with E-state index in [0.717, 1.165) is 34.1 Å². The Morgan fingerprint density at radius 2 is 0.394 bits per heavy atom. The van der Waals surface area contributed by atoms with Gasteiger partial charge in [-0.25, -0.2) is 0 Å². The Hall–Kier alpha value is -15.2. The molecule has 22 aromatic rings. The zero-order valence-electron chi connectivity index (χ0n) is 72.0. The van der Waals surface area contributed by atoms with Crippen LogP contribution < -0.4 is 9.80 Å². The highest BCUT2D eigenvalue weighted by Gasteiger charge is 2.54. The molecule has 0 N–H and O–H groups in total. The Labute approximate surface area is 741 Å². The monoisotopic (exact) mass is 1620 g/mol. The number of para-hydroxylation sites is 4. The van der Waals surface area contributed by atoms with Crippen molar-refractivity contribution in [2.24, 2.45) is 0 Å². The molecule has 0 unspecified atom stereocenters. The van der Waals surface area contributed by atoms with Crippen LogP contribution in [0.2, 0.25) is 0 Å². The number of nitrogens with zero attached hydrogens (tertiary/aromatic N) is 2. The quantitative estimate of drug-likeness (QED) is 0.140. The molecule has 5 aliphatic carbocycles. The molecule has 2 spiro atoms. The predicted octanol–water partition coefficient (Wildman–Crippen LogP) is 33.0. The predicted molar refractivity (Wildman–Crippen MR) is 537 cm³/mol. The lowest BCUT2D eigenvalue weighted by Gasteiger charge is -2.36. The van der Waals surface area contributed by atoms with Gasteiger partial charge in [-0.2, -0.15) is 0 Å². The van der Waals surface area contributed by atoms with E-state index in [-0.39, 0.29) is 21.7 Å². The zero-order valence-corrected chi connectivity index (χ0v) is 72.0. The van der Waals surface area contributed by atoms with Crippen molar-refractivity contribution in [1.82, 2.24) is 0 Å². The molecule has 0 amide bonds. The highest BCUT2D eigenvalue weighted by Crippen LogP contribution is 2.67. The first-order chi connectivity index (χ1) is 62.3. The molecule has 127 heavy (non-hydrogen) atoms. The van der Waals surface area contributed by atoms with Crippen LogP contribution in [0.5, 0.6) is 0 Å². The van der Waals surface area contributed by atoms with Gasteiger partial charge in [-0.1, -0.05) is 406 Å². The number of fused-ring (bicyclic) bond motifs is 23. The summed E-state index contributed by atoms with van der Waals surface area (Å²) in [5.41, 5.74) is 30.4. The van der Waals surface area contributed by atoms with Crippen molar-refractivity contribution in [3.63, 3.8) is 0 Å². The third-order valence-electron chi connectivity index (χ3n) is 29.0. The maximum atomic E-state index is 2.54. The molecule has 5 aliphatic rings. The van der Waals surface area contributed by atoms with E-state index in [9.17, 15) is 0 Å². The van der Waals surface area contributed by atoms with Gasteiger partial charge in [0.1, 0.15) is 0 Å². The van der Waals surface area contributed by atoms with Crippen molar-refractivity contribution in [2.75, 3.05) is 9.80 Å². The van der Waals surface area contributed by atoms with Crippen molar-refractivity contribution in [2.45, 2.75) is 68.6 Å².